The number of ether oxygens (including phenoxy) is 1. The molecule has 0 saturated heterocycles. The monoisotopic (exact) mass is 526 g/mol. The predicted molar refractivity (Wildman–Crippen MR) is 135 cm³/mol. The van der Waals surface area contributed by atoms with Gasteiger partial charge in [-0.2, -0.15) is 0 Å². The highest BCUT2D eigenvalue weighted by Gasteiger charge is 2.34. The topological polar surface area (TPSA) is 110 Å². The molecule has 10 heteroatoms. The maximum atomic E-state index is 15.4. The van der Waals surface area contributed by atoms with Crippen molar-refractivity contribution in [2.45, 2.75) is 57.1 Å². The Bertz CT molecular complexity index is 1370. The number of aromatic nitrogens is 2. The van der Waals surface area contributed by atoms with Crippen LogP contribution >= 0.6 is 0 Å². The summed E-state index contributed by atoms with van der Waals surface area (Å²) in [5.41, 5.74) is 6.18. The van der Waals surface area contributed by atoms with E-state index in [0.29, 0.717) is 30.5 Å². The molecule has 1 aliphatic heterocycles. The third-order valence-electron chi connectivity index (χ3n) is 7.62. The third-order valence-corrected chi connectivity index (χ3v) is 7.62. The highest BCUT2D eigenvalue weighted by Crippen LogP contribution is 2.42. The number of carbonyl (C=O) groups is 1. The van der Waals surface area contributed by atoms with Crippen LogP contribution in [0.25, 0.3) is 11.3 Å². The molecule has 0 unspecified atom stereocenters. The quantitative estimate of drug-likeness (QED) is 0.446. The number of anilines is 1. The first kappa shape index (κ1) is 26.1. The number of nitrogens with two attached hydrogens (primary N) is 1. The Hall–Kier alpha value is -3.50. The van der Waals surface area contributed by atoms with E-state index in [2.05, 4.69) is 15.3 Å². The lowest BCUT2D eigenvalue weighted by atomic mass is 9.74. The standard InChI is InChI=1S/C28H29F3N4O3/c1-13-6-8-38-27-17(13)11-19(30)23(24(27)31)25-18(29)3-4-21(34-25)28(37)35-22-12-33-7-5-16(22)15-9-14(2)26(36)20(32)10-15/h3-5,7,11-15,20,26,36H,6,8-10,32H2,1-2H3,(H,35,37)/t13-,14-,15+,20+,26+/m0/s1. The molecule has 1 aliphatic carbocycles. The van der Waals surface area contributed by atoms with E-state index >= 15 is 8.78 Å². The molecule has 3 aromatic rings. The second kappa shape index (κ2) is 10.3. The van der Waals surface area contributed by atoms with Gasteiger partial charge in [0.2, 0.25) is 0 Å². The molecule has 0 spiro atoms. The van der Waals surface area contributed by atoms with Crippen LogP contribution in [-0.2, 0) is 0 Å². The molecule has 0 radical (unpaired) electrons. The Labute approximate surface area is 218 Å². The van der Waals surface area contributed by atoms with Crippen molar-refractivity contribution in [2.24, 2.45) is 11.7 Å². The summed E-state index contributed by atoms with van der Waals surface area (Å²) in [6.07, 6.45) is 4.28. The fourth-order valence-electron chi connectivity index (χ4n) is 5.47. The average molecular weight is 527 g/mol. The van der Waals surface area contributed by atoms with E-state index in [-0.39, 0.29) is 35.8 Å². The molecule has 2 aromatic heterocycles. The number of hydrogen-bond acceptors (Lipinski definition) is 6. The van der Waals surface area contributed by atoms with Crippen LogP contribution in [0.3, 0.4) is 0 Å². The molecule has 200 valence electrons. The number of pyridine rings is 2. The van der Waals surface area contributed by atoms with Crippen LogP contribution in [-0.4, -0.2) is 39.7 Å². The van der Waals surface area contributed by atoms with Gasteiger partial charge in [-0.15, -0.1) is 0 Å². The van der Waals surface area contributed by atoms with Crippen LogP contribution in [0.1, 0.15) is 66.6 Å². The molecule has 7 nitrogen and oxygen atoms in total. The zero-order chi connectivity index (χ0) is 27.1. The number of aliphatic hydroxyl groups excluding tert-OH is 1. The fourth-order valence-corrected chi connectivity index (χ4v) is 5.47. The predicted octanol–water partition coefficient (Wildman–Crippen LogP) is 4.90. The Balaban J connectivity index is 1.46. The van der Waals surface area contributed by atoms with Gasteiger partial charge in [-0.05, 0) is 66.8 Å². The van der Waals surface area contributed by atoms with Gasteiger partial charge < -0.3 is 20.9 Å². The number of carbonyl (C=O) groups excluding carboxylic acids is 1. The summed E-state index contributed by atoms with van der Waals surface area (Å²) in [6.45, 7) is 4.01. The van der Waals surface area contributed by atoms with E-state index in [1.807, 2.05) is 13.8 Å². The van der Waals surface area contributed by atoms with Crippen LogP contribution in [0.2, 0.25) is 0 Å². The SMILES string of the molecule is C[C@H]1CCOc2c1cc(F)c(-c1nc(C(=O)Nc3cnccc3[C@H]3C[C@@H](N)[C@H](O)[C@@H](C)C3)ccc1F)c2F. The molecule has 1 amide bonds. The molecular formula is C28H29F3N4O3. The van der Waals surface area contributed by atoms with Crippen LogP contribution in [0.15, 0.2) is 36.7 Å². The molecular weight excluding hydrogens is 497 g/mol. The number of halogens is 3. The van der Waals surface area contributed by atoms with Gasteiger partial charge in [0.25, 0.3) is 5.91 Å². The van der Waals surface area contributed by atoms with Crippen molar-refractivity contribution >= 4 is 11.6 Å². The van der Waals surface area contributed by atoms with Crippen molar-refractivity contribution in [3.63, 3.8) is 0 Å². The lowest BCUT2D eigenvalue weighted by molar-refractivity contribution is 0.0521. The maximum Gasteiger partial charge on any atom is 0.274 e. The van der Waals surface area contributed by atoms with Crippen LogP contribution in [0, 0.1) is 23.4 Å². The van der Waals surface area contributed by atoms with Gasteiger partial charge in [-0.25, -0.2) is 18.2 Å². The van der Waals surface area contributed by atoms with Gasteiger partial charge in [-0.1, -0.05) is 13.8 Å². The molecule has 5 atom stereocenters. The van der Waals surface area contributed by atoms with Gasteiger partial charge in [0.05, 0.1) is 30.2 Å². The molecule has 1 aromatic carbocycles. The molecule has 1 fully saturated rings. The smallest absolute Gasteiger partial charge is 0.274 e. The summed E-state index contributed by atoms with van der Waals surface area (Å²) in [5, 5.41) is 13.0. The zero-order valence-corrected chi connectivity index (χ0v) is 21.0. The summed E-state index contributed by atoms with van der Waals surface area (Å²) in [5.74, 6) is -4.01. The highest BCUT2D eigenvalue weighted by atomic mass is 19.1. The first-order valence-corrected chi connectivity index (χ1v) is 12.7. The van der Waals surface area contributed by atoms with Crippen molar-refractivity contribution in [1.29, 1.82) is 0 Å². The van der Waals surface area contributed by atoms with Gasteiger partial charge in [-0.3, -0.25) is 9.78 Å². The van der Waals surface area contributed by atoms with Gasteiger partial charge in [0, 0.05) is 17.8 Å². The molecule has 5 rings (SSSR count). The zero-order valence-electron chi connectivity index (χ0n) is 21.0. The number of fused-ring (bicyclic) bond motifs is 1. The summed E-state index contributed by atoms with van der Waals surface area (Å²) in [4.78, 5) is 21.3. The molecule has 38 heavy (non-hydrogen) atoms. The second-order valence-electron chi connectivity index (χ2n) is 10.2. The number of nitrogens with one attached hydrogen (secondary N) is 1. The normalized spacial score (nSPS) is 24.9. The minimum absolute atomic E-state index is 0.0282. The number of nitrogens with zero attached hydrogens (tertiary/aromatic N) is 2. The van der Waals surface area contributed by atoms with Gasteiger partial charge in [0.1, 0.15) is 23.0 Å². The van der Waals surface area contributed by atoms with Crippen LogP contribution in [0.5, 0.6) is 5.75 Å². The number of hydrogen-bond donors (Lipinski definition) is 3. The highest BCUT2D eigenvalue weighted by molar-refractivity contribution is 6.03. The van der Waals surface area contributed by atoms with Crippen molar-refractivity contribution < 1.29 is 27.8 Å². The first-order chi connectivity index (χ1) is 18.2. The largest absolute Gasteiger partial charge is 0.490 e. The Morgan fingerprint density at radius 1 is 1.13 bits per heavy atom. The van der Waals surface area contributed by atoms with Crippen molar-refractivity contribution in [2.75, 3.05) is 11.9 Å². The molecule has 4 N–H and O–H groups in total. The number of aliphatic hydroxyl groups is 1. The molecule has 3 heterocycles. The fraction of sp³-hybridized carbons (Fsp3) is 0.393. The van der Waals surface area contributed by atoms with E-state index in [9.17, 15) is 14.3 Å². The third kappa shape index (κ3) is 4.74. The van der Waals surface area contributed by atoms with E-state index in [4.69, 9.17) is 10.5 Å². The molecule has 1 saturated carbocycles. The number of rotatable bonds is 4. The first-order valence-electron chi connectivity index (χ1n) is 12.7. The summed E-state index contributed by atoms with van der Waals surface area (Å²) >= 11 is 0. The van der Waals surface area contributed by atoms with Crippen molar-refractivity contribution in [3.05, 3.63) is 70.9 Å². The average Bonchev–Trinajstić information content (AvgIpc) is 2.89. The minimum atomic E-state index is -1.05. The maximum absolute atomic E-state index is 15.4. The Morgan fingerprint density at radius 2 is 1.92 bits per heavy atom. The van der Waals surface area contributed by atoms with Crippen LogP contribution in [0.4, 0.5) is 18.9 Å². The second-order valence-corrected chi connectivity index (χ2v) is 10.2. The van der Waals surface area contributed by atoms with E-state index in [0.717, 1.165) is 23.8 Å². The Kier molecular flexibility index (Phi) is 7.11. The van der Waals surface area contributed by atoms with E-state index in [1.54, 1.807) is 12.3 Å². The van der Waals surface area contributed by atoms with Crippen molar-refractivity contribution in [3.8, 4) is 17.0 Å². The Morgan fingerprint density at radius 3 is 2.68 bits per heavy atom. The van der Waals surface area contributed by atoms with Gasteiger partial charge >= 0.3 is 0 Å². The summed E-state index contributed by atoms with van der Waals surface area (Å²) < 4.78 is 50.7. The molecule has 0 bridgehead atoms. The van der Waals surface area contributed by atoms with E-state index in [1.165, 1.54) is 6.20 Å². The lowest BCUT2D eigenvalue weighted by Gasteiger charge is -2.36. The van der Waals surface area contributed by atoms with Crippen LogP contribution < -0.4 is 15.8 Å². The van der Waals surface area contributed by atoms with Crippen molar-refractivity contribution in [1.82, 2.24) is 9.97 Å². The lowest BCUT2D eigenvalue weighted by Crippen LogP contribution is -2.44. The van der Waals surface area contributed by atoms with Gasteiger partial charge in [0.15, 0.2) is 11.6 Å². The molecule has 2 aliphatic rings. The summed E-state index contributed by atoms with van der Waals surface area (Å²) in [7, 11) is 0. The minimum Gasteiger partial charge on any atom is -0.490 e. The number of amides is 1. The van der Waals surface area contributed by atoms with E-state index < -0.39 is 46.8 Å². The summed E-state index contributed by atoms with van der Waals surface area (Å²) in [6, 6.07) is 4.61. The number of benzene rings is 1.